The van der Waals surface area contributed by atoms with E-state index < -0.39 is 11.5 Å². The molecule has 1 aliphatic rings. The smallest absolute Gasteiger partial charge is 0.348 e. The van der Waals surface area contributed by atoms with E-state index in [0.717, 1.165) is 37.0 Å². The van der Waals surface area contributed by atoms with Gasteiger partial charge >= 0.3 is 5.97 Å². The Morgan fingerprint density at radius 3 is 2.37 bits per heavy atom. The molecule has 1 aromatic heterocycles. The number of carboxylic acids is 1. The Morgan fingerprint density at radius 2 is 1.89 bits per heavy atom. The SMILES string of the molecule is CC1CCC(C(=O)N(c2cc(C#CC(C)(C)N)sc2C(=O)O)C(C)C)CC1. The van der Waals surface area contributed by atoms with Gasteiger partial charge in [-0.3, -0.25) is 4.79 Å². The van der Waals surface area contributed by atoms with Crippen molar-refractivity contribution in [3.05, 3.63) is 15.8 Å². The van der Waals surface area contributed by atoms with E-state index in [1.807, 2.05) is 13.8 Å². The number of aromatic carboxylic acids is 1. The second kappa shape index (κ2) is 8.45. The number of carbonyl (C=O) groups excluding carboxylic acids is 1. The van der Waals surface area contributed by atoms with Gasteiger partial charge < -0.3 is 15.7 Å². The molecule has 2 rings (SSSR count). The zero-order valence-corrected chi connectivity index (χ0v) is 17.7. The first-order valence-corrected chi connectivity index (χ1v) is 10.3. The highest BCUT2D eigenvalue weighted by atomic mass is 32.1. The fourth-order valence-electron chi connectivity index (χ4n) is 3.35. The van der Waals surface area contributed by atoms with Crippen LogP contribution in [0, 0.1) is 23.7 Å². The maximum atomic E-state index is 13.2. The molecule has 1 aromatic rings. The molecule has 0 bridgehead atoms. The zero-order valence-electron chi connectivity index (χ0n) is 16.8. The van der Waals surface area contributed by atoms with E-state index in [4.69, 9.17) is 5.73 Å². The van der Waals surface area contributed by atoms with Crippen LogP contribution < -0.4 is 10.6 Å². The number of hydrogen-bond acceptors (Lipinski definition) is 4. The fraction of sp³-hybridized carbons (Fsp3) is 0.619. The number of carboxylic acid groups (broad SMARTS) is 1. The first-order valence-electron chi connectivity index (χ1n) is 9.52. The minimum Gasteiger partial charge on any atom is -0.477 e. The van der Waals surface area contributed by atoms with Gasteiger partial charge in [-0.2, -0.15) is 0 Å². The Hall–Kier alpha value is -1.84. The van der Waals surface area contributed by atoms with Gasteiger partial charge in [-0.05, 0) is 65.4 Å². The van der Waals surface area contributed by atoms with E-state index in [1.54, 1.807) is 24.8 Å². The van der Waals surface area contributed by atoms with Crippen LogP contribution in [0.4, 0.5) is 5.69 Å². The van der Waals surface area contributed by atoms with Crippen LogP contribution in [0.25, 0.3) is 0 Å². The van der Waals surface area contributed by atoms with Crippen molar-refractivity contribution in [3.63, 3.8) is 0 Å². The third-order valence-electron chi connectivity index (χ3n) is 4.79. The quantitative estimate of drug-likeness (QED) is 0.758. The highest BCUT2D eigenvalue weighted by Gasteiger charge is 2.33. The van der Waals surface area contributed by atoms with Crippen LogP contribution in [0.5, 0.6) is 0 Å². The highest BCUT2D eigenvalue weighted by Crippen LogP contribution is 2.36. The topological polar surface area (TPSA) is 83.6 Å². The van der Waals surface area contributed by atoms with E-state index in [2.05, 4.69) is 18.8 Å². The minimum atomic E-state index is -1.04. The molecule has 1 fully saturated rings. The summed E-state index contributed by atoms with van der Waals surface area (Å²) in [4.78, 5) is 27.4. The van der Waals surface area contributed by atoms with Crippen molar-refractivity contribution in [2.75, 3.05) is 4.90 Å². The van der Waals surface area contributed by atoms with Gasteiger partial charge in [0.15, 0.2) is 0 Å². The molecule has 27 heavy (non-hydrogen) atoms. The number of anilines is 1. The van der Waals surface area contributed by atoms with Crippen LogP contribution in [0.3, 0.4) is 0 Å². The molecule has 3 N–H and O–H groups in total. The van der Waals surface area contributed by atoms with Crippen LogP contribution in [0.1, 0.15) is 74.9 Å². The van der Waals surface area contributed by atoms with Gasteiger partial charge in [0.25, 0.3) is 0 Å². The summed E-state index contributed by atoms with van der Waals surface area (Å²) in [5, 5.41) is 9.66. The predicted molar refractivity (Wildman–Crippen MR) is 110 cm³/mol. The van der Waals surface area contributed by atoms with Crippen LogP contribution in [-0.2, 0) is 4.79 Å². The van der Waals surface area contributed by atoms with Crippen molar-refractivity contribution < 1.29 is 14.7 Å². The number of amides is 1. The van der Waals surface area contributed by atoms with Gasteiger partial charge in [0.05, 0.1) is 16.1 Å². The maximum absolute atomic E-state index is 13.2. The molecule has 0 aliphatic heterocycles. The Kier molecular flexibility index (Phi) is 6.72. The highest BCUT2D eigenvalue weighted by molar-refractivity contribution is 7.15. The van der Waals surface area contributed by atoms with Gasteiger partial charge in [0.1, 0.15) is 4.88 Å². The summed E-state index contributed by atoms with van der Waals surface area (Å²) in [7, 11) is 0. The third kappa shape index (κ3) is 5.57. The molecule has 1 saturated carbocycles. The molecule has 0 spiro atoms. The molecule has 148 valence electrons. The van der Waals surface area contributed by atoms with Crippen LogP contribution in [0.2, 0.25) is 0 Å². The first kappa shape index (κ1) is 21.5. The van der Waals surface area contributed by atoms with Gasteiger partial charge in [0, 0.05) is 12.0 Å². The summed E-state index contributed by atoms with van der Waals surface area (Å²) in [5.74, 6) is 5.49. The summed E-state index contributed by atoms with van der Waals surface area (Å²) in [6.07, 6.45) is 3.81. The van der Waals surface area contributed by atoms with E-state index in [-0.39, 0.29) is 22.7 Å². The summed E-state index contributed by atoms with van der Waals surface area (Å²) in [5.41, 5.74) is 5.69. The number of hydrogen-bond donors (Lipinski definition) is 2. The van der Waals surface area contributed by atoms with Crippen molar-refractivity contribution in [1.82, 2.24) is 0 Å². The number of carbonyl (C=O) groups is 2. The number of thiophene rings is 1. The van der Waals surface area contributed by atoms with Crippen molar-refractivity contribution in [3.8, 4) is 11.8 Å². The van der Waals surface area contributed by atoms with Crippen LogP contribution in [-0.4, -0.2) is 28.6 Å². The average molecular weight is 391 g/mol. The molecule has 0 aromatic carbocycles. The average Bonchev–Trinajstić information content (AvgIpc) is 2.97. The molecule has 1 amide bonds. The molecule has 1 aliphatic carbocycles. The molecule has 6 heteroatoms. The van der Waals surface area contributed by atoms with Crippen molar-refractivity contribution in [1.29, 1.82) is 0 Å². The summed E-state index contributed by atoms with van der Waals surface area (Å²) in [6, 6.07) is 1.59. The minimum absolute atomic E-state index is 0.0239. The van der Waals surface area contributed by atoms with Crippen molar-refractivity contribution in [2.24, 2.45) is 17.6 Å². The lowest BCUT2D eigenvalue weighted by molar-refractivity contribution is -0.123. The van der Waals surface area contributed by atoms with Crippen LogP contribution in [0.15, 0.2) is 6.07 Å². The lowest BCUT2D eigenvalue weighted by Crippen LogP contribution is -2.42. The van der Waals surface area contributed by atoms with E-state index in [9.17, 15) is 14.7 Å². The largest absolute Gasteiger partial charge is 0.477 e. The molecule has 0 unspecified atom stereocenters. The van der Waals surface area contributed by atoms with Gasteiger partial charge in [-0.15, -0.1) is 11.3 Å². The van der Waals surface area contributed by atoms with Gasteiger partial charge in [-0.25, -0.2) is 4.79 Å². The molecule has 1 heterocycles. The van der Waals surface area contributed by atoms with Gasteiger partial charge in [-0.1, -0.05) is 18.8 Å². The number of nitrogens with zero attached hydrogens (tertiary/aromatic N) is 1. The molecule has 0 atom stereocenters. The second-order valence-corrected chi connectivity index (χ2v) is 9.41. The zero-order chi connectivity index (χ0) is 20.4. The molecule has 0 radical (unpaired) electrons. The van der Waals surface area contributed by atoms with Gasteiger partial charge in [0.2, 0.25) is 5.91 Å². The number of rotatable bonds is 4. The summed E-state index contributed by atoms with van der Waals surface area (Å²) < 4.78 is 0. The molecule has 5 nitrogen and oxygen atoms in total. The lowest BCUT2D eigenvalue weighted by Gasteiger charge is -2.33. The third-order valence-corrected chi connectivity index (χ3v) is 5.82. The second-order valence-electron chi connectivity index (χ2n) is 8.36. The Balaban J connectivity index is 2.40. The molecular weight excluding hydrogens is 360 g/mol. The lowest BCUT2D eigenvalue weighted by atomic mass is 9.82. The molecule has 0 saturated heterocycles. The summed E-state index contributed by atoms with van der Waals surface area (Å²) >= 11 is 1.10. The normalized spacial score (nSPS) is 20.1. The Labute approximate surface area is 165 Å². The predicted octanol–water partition coefficient (Wildman–Crippen LogP) is 4.10. The number of nitrogens with two attached hydrogens (primary N) is 1. The fourth-order valence-corrected chi connectivity index (χ4v) is 4.19. The van der Waals surface area contributed by atoms with E-state index in [1.165, 1.54) is 0 Å². The van der Waals surface area contributed by atoms with Crippen molar-refractivity contribution in [2.45, 2.75) is 71.9 Å². The van der Waals surface area contributed by atoms with Crippen LogP contribution >= 0.6 is 11.3 Å². The first-order chi connectivity index (χ1) is 12.5. The Bertz CT molecular complexity index is 757. The van der Waals surface area contributed by atoms with E-state index in [0.29, 0.717) is 16.5 Å². The standard InChI is InChI=1S/C21H30N2O3S/c1-13(2)23(19(24)15-8-6-14(3)7-9-15)17-12-16(10-11-21(4,5)22)27-18(17)20(25)26/h12-15H,6-9,22H2,1-5H3,(H,25,26). The summed E-state index contributed by atoms with van der Waals surface area (Å²) in [6.45, 7) is 9.63. The Morgan fingerprint density at radius 1 is 1.30 bits per heavy atom. The monoisotopic (exact) mass is 390 g/mol. The van der Waals surface area contributed by atoms with E-state index >= 15 is 0 Å². The van der Waals surface area contributed by atoms with Crippen molar-refractivity contribution >= 4 is 28.9 Å². The molecular formula is C21H30N2O3S. The maximum Gasteiger partial charge on any atom is 0.348 e.